The van der Waals surface area contributed by atoms with E-state index in [1.807, 2.05) is 24.3 Å². The molecule has 0 bridgehead atoms. The SMILES string of the molecule is NC(CSc1ccccc1Cl)c1cccc(Br)c1F. The van der Waals surface area contributed by atoms with E-state index in [4.69, 9.17) is 17.3 Å². The van der Waals surface area contributed by atoms with E-state index in [-0.39, 0.29) is 11.9 Å². The number of thioether (sulfide) groups is 1. The minimum absolute atomic E-state index is 0.297. The van der Waals surface area contributed by atoms with Crippen molar-refractivity contribution >= 4 is 39.3 Å². The molecule has 0 heterocycles. The summed E-state index contributed by atoms with van der Waals surface area (Å²) in [7, 11) is 0. The molecule has 2 rings (SSSR count). The van der Waals surface area contributed by atoms with Gasteiger partial charge in [-0.25, -0.2) is 4.39 Å². The molecule has 0 radical (unpaired) electrons. The molecule has 2 aromatic carbocycles. The van der Waals surface area contributed by atoms with Gasteiger partial charge in [-0.1, -0.05) is 35.9 Å². The summed E-state index contributed by atoms with van der Waals surface area (Å²) in [6.45, 7) is 0. The molecule has 19 heavy (non-hydrogen) atoms. The van der Waals surface area contributed by atoms with Crippen LogP contribution < -0.4 is 5.73 Å². The fourth-order valence-corrected chi connectivity index (χ4v) is 3.24. The van der Waals surface area contributed by atoms with E-state index in [9.17, 15) is 4.39 Å². The van der Waals surface area contributed by atoms with Gasteiger partial charge in [0.2, 0.25) is 0 Å². The van der Waals surface area contributed by atoms with Crippen LogP contribution in [0.25, 0.3) is 0 Å². The summed E-state index contributed by atoms with van der Waals surface area (Å²) in [5.74, 6) is 0.270. The van der Waals surface area contributed by atoms with E-state index in [0.29, 0.717) is 20.8 Å². The first-order valence-corrected chi connectivity index (χ1v) is 7.82. The van der Waals surface area contributed by atoms with Gasteiger partial charge in [0.15, 0.2) is 0 Å². The van der Waals surface area contributed by atoms with Crippen molar-refractivity contribution in [3.63, 3.8) is 0 Å². The van der Waals surface area contributed by atoms with E-state index in [1.165, 1.54) is 11.8 Å². The fourth-order valence-electron chi connectivity index (χ4n) is 1.64. The van der Waals surface area contributed by atoms with Crippen LogP contribution in [-0.4, -0.2) is 5.75 Å². The lowest BCUT2D eigenvalue weighted by atomic mass is 10.1. The molecule has 0 saturated carbocycles. The molecule has 1 nitrogen and oxygen atoms in total. The molecule has 0 aliphatic rings. The average molecular weight is 361 g/mol. The topological polar surface area (TPSA) is 26.0 Å². The van der Waals surface area contributed by atoms with Crippen molar-refractivity contribution in [1.82, 2.24) is 0 Å². The maximum Gasteiger partial charge on any atom is 0.142 e. The van der Waals surface area contributed by atoms with Gasteiger partial charge in [0.25, 0.3) is 0 Å². The van der Waals surface area contributed by atoms with Gasteiger partial charge in [0, 0.05) is 22.3 Å². The van der Waals surface area contributed by atoms with Crippen molar-refractivity contribution in [3.05, 3.63) is 63.3 Å². The van der Waals surface area contributed by atoms with Crippen LogP contribution >= 0.6 is 39.3 Å². The number of benzene rings is 2. The molecule has 1 unspecified atom stereocenters. The minimum Gasteiger partial charge on any atom is -0.323 e. The first-order chi connectivity index (χ1) is 9.09. The van der Waals surface area contributed by atoms with E-state index in [2.05, 4.69) is 15.9 Å². The Hall–Kier alpha value is -0.550. The maximum atomic E-state index is 13.9. The summed E-state index contributed by atoms with van der Waals surface area (Å²) < 4.78 is 14.3. The molecule has 0 fully saturated rings. The van der Waals surface area contributed by atoms with Crippen LogP contribution in [0.2, 0.25) is 5.02 Å². The summed E-state index contributed by atoms with van der Waals surface area (Å²) in [4.78, 5) is 0.954. The van der Waals surface area contributed by atoms with Crippen molar-refractivity contribution < 1.29 is 4.39 Å². The van der Waals surface area contributed by atoms with Crippen LogP contribution in [0, 0.1) is 5.82 Å². The monoisotopic (exact) mass is 359 g/mol. The zero-order valence-electron chi connectivity index (χ0n) is 9.95. The predicted octanol–water partition coefficient (Wildman–Crippen LogP) is 5.03. The van der Waals surface area contributed by atoms with Gasteiger partial charge in [0.05, 0.1) is 9.50 Å². The van der Waals surface area contributed by atoms with Gasteiger partial charge in [-0.2, -0.15) is 0 Å². The number of hydrogen-bond donors (Lipinski definition) is 1. The maximum absolute atomic E-state index is 13.9. The molecule has 1 atom stereocenters. The number of hydrogen-bond acceptors (Lipinski definition) is 2. The number of rotatable bonds is 4. The minimum atomic E-state index is -0.376. The standard InChI is InChI=1S/C14H12BrClFNS/c15-10-5-3-4-9(14(10)17)12(18)8-19-13-7-2-1-6-11(13)16/h1-7,12H,8,18H2. The normalized spacial score (nSPS) is 12.4. The third kappa shape index (κ3) is 3.72. The van der Waals surface area contributed by atoms with Crippen LogP contribution in [0.5, 0.6) is 0 Å². The highest BCUT2D eigenvalue weighted by atomic mass is 79.9. The second-order valence-corrected chi connectivity index (χ2v) is 6.31. The second-order valence-electron chi connectivity index (χ2n) is 3.99. The summed E-state index contributed by atoms with van der Waals surface area (Å²) in [5, 5.41) is 0.689. The first kappa shape index (κ1) is 14.9. The van der Waals surface area contributed by atoms with Gasteiger partial charge >= 0.3 is 0 Å². The molecule has 0 saturated heterocycles. The van der Waals surface area contributed by atoms with Gasteiger partial charge in [0.1, 0.15) is 5.82 Å². The highest BCUT2D eigenvalue weighted by molar-refractivity contribution is 9.10. The molecule has 2 N–H and O–H groups in total. The van der Waals surface area contributed by atoms with Gasteiger partial charge in [-0.15, -0.1) is 11.8 Å². The molecule has 100 valence electrons. The zero-order valence-corrected chi connectivity index (χ0v) is 13.1. The lowest BCUT2D eigenvalue weighted by Gasteiger charge is -2.13. The van der Waals surface area contributed by atoms with Gasteiger partial charge in [-0.3, -0.25) is 0 Å². The summed E-state index contributed by atoms with van der Waals surface area (Å²) in [6.07, 6.45) is 0. The van der Waals surface area contributed by atoms with Crippen molar-refractivity contribution in [3.8, 4) is 0 Å². The molecular weight excluding hydrogens is 349 g/mol. The molecule has 2 aromatic rings. The number of nitrogens with two attached hydrogens (primary N) is 1. The quantitative estimate of drug-likeness (QED) is 0.774. The highest BCUT2D eigenvalue weighted by Crippen LogP contribution is 2.31. The third-order valence-electron chi connectivity index (χ3n) is 2.64. The Kier molecular flexibility index (Phi) is 5.28. The van der Waals surface area contributed by atoms with Crippen LogP contribution in [0.15, 0.2) is 51.8 Å². The molecule has 0 amide bonds. The largest absolute Gasteiger partial charge is 0.323 e. The molecular formula is C14H12BrClFNS. The predicted molar refractivity (Wildman–Crippen MR) is 83.2 cm³/mol. The number of halogens is 3. The van der Waals surface area contributed by atoms with Gasteiger partial charge in [-0.05, 0) is 34.1 Å². The summed E-state index contributed by atoms with van der Waals surface area (Å²) >= 11 is 10.8. The lowest BCUT2D eigenvalue weighted by Crippen LogP contribution is -2.14. The fraction of sp³-hybridized carbons (Fsp3) is 0.143. The second kappa shape index (κ2) is 6.75. The average Bonchev–Trinajstić information content (AvgIpc) is 2.40. The van der Waals surface area contributed by atoms with E-state index in [1.54, 1.807) is 18.2 Å². The summed E-state index contributed by atoms with van der Waals surface area (Å²) in [6, 6.07) is 12.3. The first-order valence-electron chi connectivity index (χ1n) is 5.66. The van der Waals surface area contributed by atoms with Crippen LogP contribution in [0.1, 0.15) is 11.6 Å². The Labute approximate surface area is 129 Å². The van der Waals surface area contributed by atoms with E-state index < -0.39 is 0 Å². The van der Waals surface area contributed by atoms with Crippen molar-refractivity contribution in [2.45, 2.75) is 10.9 Å². The molecule has 0 aliphatic heterocycles. The Bertz CT molecular complexity index is 579. The molecule has 5 heteroatoms. The van der Waals surface area contributed by atoms with E-state index in [0.717, 1.165) is 4.90 Å². The van der Waals surface area contributed by atoms with Crippen molar-refractivity contribution in [2.24, 2.45) is 5.73 Å². The molecule has 0 aromatic heterocycles. The van der Waals surface area contributed by atoms with E-state index >= 15 is 0 Å². The van der Waals surface area contributed by atoms with Crippen LogP contribution in [0.4, 0.5) is 4.39 Å². The van der Waals surface area contributed by atoms with Gasteiger partial charge < -0.3 is 5.73 Å². The van der Waals surface area contributed by atoms with Crippen LogP contribution in [-0.2, 0) is 0 Å². The smallest absolute Gasteiger partial charge is 0.142 e. The molecule has 0 spiro atoms. The Morgan fingerprint density at radius 1 is 1.21 bits per heavy atom. The summed E-state index contributed by atoms with van der Waals surface area (Å²) in [5.41, 5.74) is 6.55. The van der Waals surface area contributed by atoms with Crippen LogP contribution in [0.3, 0.4) is 0 Å². The zero-order chi connectivity index (χ0) is 13.8. The Morgan fingerprint density at radius 2 is 1.95 bits per heavy atom. The van der Waals surface area contributed by atoms with Crippen molar-refractivity contribution in [1.29, 1.82) is 0 Å². The Balaban J connectivity index is 2.08. The highest BCUT2D eigenvalue weighted by Gasteiger charge is 2.14. The molecule has 0 aliphatic carbocycles. The third-order valence-corrected chi connectivity index (χ3v) is 4.88. The Morgan fingerprint density at radius 3 is 2.68 bits per heavy atom. The lowest BCUT2D eigenvalue weighted by molar-refractivity contribution is 0.589. The van der Waals surface area contributed by atoms with Crippen molar-refractivity contribution in [2.75, 3.05) is 5.75 Å².